The van der Waals surface area contributed by atoms with Crippen molar-refractivity contribution in [3.8, 4) is 0 Å². The number of benzene rings is 1. The van der Waals surface area contributed by atoms with Crippen LogP contribution in [0.2, 0.25) is 0 Å². The van der Waals surface area contributed by atoms with E-state index in [0.29, 0.717) is 18.8 Å². The summed E-state index contributed by atoms with van der Waals surface area (Å²) in [6.07, 6.45) is 1.99. The number of rotatable bonds is 6. The zero-order chi connectivity index (χ0) is 15.1. The summed E-state index contributed by atoms with van der Waals surface area (Å²) in [7, 11) is 0. The van der Waals surface area contributed by atoms with E-state index in [-0.39, 0.29) is 18.1 Å². The van der Waals surface area contributed by atoms with Gasteiger partial charge in [-0.2, -0.15) is 5.10 Å². The largest absolute Gasteiger partial charge is 0.478 e. The third-order valence-corrected chi connectivity index (χ3v) is 2.78. The Hall–Kier alpha value is -2.90. The van der Waals surface area contributed by atoms with Crippen LogP contribution in [0.15, 0.2) is 30.6 Å². The molecule has 8 heteroatoms. The summed E-state index contributed by atoms with van der Waals surface area (Å²) in [5, 5.41) is 20.4. The fraction of sp³-hybridized carbons (Fsp3) is 0.231. The van der Waals surface area contributed by atoms with E-state index in [4.69, 9.17) is 5.11 Å². The Bertz CT molecular complexity index is 595. The number of carbonyl (C=O) groups is 2. The monoisotopic (exact) mass is 289 g/mol. The van der Waals surface area contributed by atoms with E-state index < -0.39 is 5.97 Å². The van der Waals surface area contributed by atoms with Gasteiger partial charge < -0.3 is 15.7 Å². The molecular weight excluding hydrogens is 274 g/mol. The van der Waals surface area contributed by atoms with E-state index in [2.05, 4.69) is 25.8 Å². The van der Waals surface area contributed by atoms with Crippen molar-refractivity contribution < 1.29 is 14.7 Å². The molecule has 8 nitrogen and oxygen atoms in total. The molecule has 0 saturated carbocycles. The molecule has 21 heavy (non-hydrogen) atoms. The summed E-state index contributed by atoms with van der Waals surface area (Å²) in [4.78, 5) is 26.1. The van der Waals surface area contributed by atoms with Gasteiger partial charge in [-0.1, -0.05) is 12.1 Å². The maximum absolute atomic E-state index is 11.5. The molecule has 1 aromatic heterocycles. The predicted molar refractivity (Wildman–Crippen MR) is 73.7 cm³/mol. The fourth-order valence-electron chi connectivity index (χ4n) is 1.68. The van der Waals surface area contributed by atoms with E-state index >= 15 is 0 Å². The number of urea groups is 1. The second-order valence-corrected chi connectivity index (χ2v) is 4.29. The highest BCUT2D eigenvalue weighted by molar-refractivity contribution is 5.87. The maximum Gasteiger partial charge on any atom is 0.335 e. The third-order valence-electron chi connectivity index (χ3n) is 2.78. The van der Waals surface area contributed by atoms with Crippen molar-refractivity contribution >= 4 is 12.0 Å². The first-order valence-electron chi connectivity index (χ1n) is 6.33. The van der Waals surface area contributed by atoms with Crippen molar-refractivity contribution in [1.82, 2.24) is 25.8 Å². The summed E-state index contributed by atoms with van der Waals surface area (Å²) in [6, 6.07) is 6.26. The molecule has 0 saturated heterocycles. The van der Waals surface area contributed by atoms with Crippen molar-refractivity contribution in [2.75, 3.05) is 6.54 Å². The molecule has 0 aliphatic heterocycles. The normalized spacial score (nSPS) is 10.1. The quantitative estimate of drug-likeness (QED) is 0.619. The van der Waals surface area contributed by atoms with Gasteiger partial charge in [0, 0.05) is 6.54 Å². The van der Waals surface area contributed by atoms with Crippen LogP contribution in [-0.4, -0.2) is 38.8 Å². The molecule has 0 aliphatic carbocycles. The van der Waals surface area contributed by atoms with Crippen molar-refractivity contribution in [1.29, 1.82) is 0 Å². The molecule has 110 valence electrons. The van der Waals surface area contributed by atoms with Crippen LogP contribution >= 0.6 is 0 Å². The molecule has 4 N–H and O–H groups in total. The minimum atomic E-state index is -0.952. The lowest BCUT2D eigenvalue weighted by Gasteiger charge is -2.06. The van der Waals surface area contributed by atoms with E-state index in [1.807, 2.05) is 0 Å². The van der Waals surface area contributed by atoms with Gasteiger partial charge in [0.1, 0.15) is 12.2 Å². The number of nitrogens with one attached hydrogen (secondary N) is 3. The minimum Gasteiger partial charge on any atom is -0.478 e. The van der Waals surface area contributed by atoms with Gasteiger partial charge in [0.25, 0.3) is 0 Å². The van der Waals surface area contributed by atoms with Gasteiger partial charge in [-0.15, -0.1) is 0 Å². The Balaban J connectivity index is 1.68. The molecule has 1 heterocycles. The third kappa shape index (κ3) is 4.60. The van der Waals surface area contributed by atoms with E-state index in [1.165, 1.54) is 6.33 Å². The Kier molecular flexibility index (Phi) is 4.86. The number of H-pyrrole nitrogens is 1. The number of amides is 2. The smallest absolute Gasteiger partial charge is 0.335 e. The summed E-state index contributed by atoms with van der Waals surface area (Å²) in [5.41, 5.74) is 1.20. The Morgan fingerprint density at radius 2 is 1.95 bits per heavy atom. The molecule has 0 atom stereocenters. The molecule has 2 aromatic rings. The molecule has 0 radical (unpaired) electrons. The lowest BCUT2D eigenvalue weighted by molar-refractivity contribution is 0.0697. The van der Waals surface area contributed by atoms with E-state index in [0.717, 1.165) is 5.56 Å². The number of nitrogens with zero attached hydrogens (tertiary/aromatic N) is 2. The van der Waals surface area contributed by atoms with Crippen LogP contribution in [0.3, 0.4) is 0 Å². The zero-order valence-electron chi connectivity index (χ0n) is 11.2. The first-order chi connectivity index (χ1) is 10.1. The number of carbonyl (C=O) groups excluding carboxylic acids is 1. The molecule has 0 bridgehead atoms. The van der Waals surface area contributed by atoms with E-state index in [9.17, 15) is 9.59 Å². The van der Waals surface area contributed by atoms with Gasteiger partial charge in [0.15, 0.2) is 0 Å². The molecular formula is C13H15N5O3. The Morgan fingerprint density at radius 3 is 2.57 bits per heavy atom. The number of aromatic amines is 1. The fourth-order valence-corrected chi connectivity index (χ4v) is 1.68. The van der Waals surface area contributed by atoms with E-state index in [1.54, 1.807) is 24.3 Å². The lowest BCUT2D eigenvalue weighted by atomic mass is 10.1. The molecule has 0 unspecified atom stereocenters. The van der Waals surface area contributed by atoms with Crippen LogP contribution in [0.5, 0.6) is 0 Å². The second-order valence-electron chi connectivity index (χ2n) is 4.29. The van der Waals surface area contributed by atoms with Gasteiger partial charge in [-0.25, -0.2) is 14.6 Å². The first-order valence-corrected chi connectivity index (χ1v) is 6.33. The highest BCUT2D eigenvalue weighted by atomic mass is 16.4. The number of carboxylic acids is 1. The summed E-state index contributed by atoms with van der Waals surface area (Å²) < 4.78 is 0. The first kappa shape index (κ1) is 14.5. The van der Waals surface area contributed by atoms with Gasteiger partial charge in [-0.3, -0.25) is 5.10 Å². The molecule has 2 rings (SSSR count). The number of aromatic nitrogens is 3. The second kappa shape index (κ2) is 7.04. The topological polar surface area (TPSA) is 120 Å². The summed E-state index contributed by atoms with van der Waals surface area (Å²) in [6.45, 7) is 0.730. The highest BCUT2D eigenvalue weighted by Gasteiger charge is 2.03. The standard InChI is InChI=1S/C13H15N5O3/c19-12(20)10-3-1-9(2-4-10)5-6-14-13(21)15-7-11-16-8-17-18-11/h1-4,8H,5-7H2,(H,19,20)(H2,14,15,21)(H,16,17,18). The zero-order valence-corrected chi connectivity index (χ0v) is 11.2. The van der Waals surface area contributed by atoms with Gasteiger partial charge >= 0.3 is 12.0 Å². The number of carboxylic acid groups (broad SMARTS) is 1. The predicted octanol–water partition coefficient (Wildman–Crippen LogP) is 0.545. The minimum absolute atomic E-state index is 0.247. The molecule has 2 amide bonds. The van der Waals surface area contributed by atoms with Gasteiger partial charge in [0.05, 0.1) is 12.1 Å². The number of hydrogen-bond acceptors (Lipinski definition) is 4. The average Bonchev–Trinajstić information content (AvgIpc) is 2.99. The molecule has 0 spiro atoms. The molecule has 0 aliphatic rings. The van der Waals surface area contributed by atoms with Crippen molar-refractivity contribution in [2.24, 2.45) is 0 Å². The average molecular weight is 289 g/mol. The molecule has 0 fully saturated rings. The van der Waals surface area contributed by atoms with Crippen LogP contribution < -0.4 is 10.6 Å². The van der Waals surface area contributed by atoms with Crippen molar-refractivity contribution in [2.45, 2.75) is 13.0 Å². The van der Waals surface area contributed by atoms with Crippen LogP contribution in [0, 0.1) is 0 Å². The molecule has 1 aromatic carbocycles. The van der Waals surface area contributed by atoms with Crippen LogP contribution in [0.4, 0.5) is 4.79 Å². The summed E-state index contributed by atoms with van der Waals surface area (Å²) in [5.74, 6) is -0.374. The maximum atomic E-state index is 11.5. The van der Waals surface area contributed by atoms with Crippen molar-refractivity contribution in [3.63, 3.8) is 0 Å². The van der Waals surface area contributed by atoms with Crippen LogP contribution in [0.25, 0.3) is 0 Å². The highest BCUT2D eigenvalue weighted by Crippen LogP contribution is 2.04. The van der Waals surface area contributed by atoms with Crippen LogP contribution in [0.1, 0.15) is 21.7 Å². The van der Waals surface area contributed by atoms with Crippen molar-refractivity contribution in [3.05, 3.63) is 47.5 Å². The SMILES string of the molecule is O=C(NCCc1ccc(C(=O)O)cc1)NCc1ncn[nH]1. The van der Waals surface area contributed by atoms with Gasteiger partial charge in [0.2, 0.25) is 0 Å². The number of hydrogen-bond donors (Lipinski definition) is 4. The van der Waals surface area contributed by atoms with Gasteiger partial charge in [-0.05, 0) is 24.1 Å². The van der Waals surface area contributed by atoms with Crippen LogP contribution in [-0.2, 0) is 13.0 Å². The Morgan fingerprint density at radius 1 is 1.19 bits per heavy atom. The lowest BCUT2D eigenvalue weighted by Crippen LogP contribution is -2.36. The number of aromatic carboxylic acids is 1. The summed E-state index contributed by atoms with van der Waals surface area (Å²) >= 11 is 0. The Labute approximate surface area is 120 Å².